The number of nitrogens with one attached hydrogen (secondary N) is 2. The molecule has 2 heterocycles. The summed E-state index contributed by atoms with van der Waals surface area (Å²) in [6, 6.07) is 13.6. The second-order valence-corrected chi connectivity index (χ2v) is 8.18. The van der Waals surface area contributed by atoms with Gasteiger partial charge in [0.1, 0.15) is 17.6 Å². The third kappa shape index (κ3) is 5.45. The van der Waals surface area contributed by atoms with Gasteiger partial charge in [-0.25, -0.2) is 20.4 Å². The van der Waals surface area contributed by atoms with Crippen LogP contribution in [0.15, 0.2) is 87.2 Å². The summed E-state index contributed by atoms with van der Waals surface area (Å²) < 4.78 is 7.91. The minimum atomic E-state index is -0.782. The van der Waals surface area contributed by atoms with Crippen LogP contribution in [0.1, 0.15) is 11.1 Å². The second kappa shape index (κ2) is 10.2. The van der Waals surface area contributed by atoms with Crippen LogP contribution in [0.2, 0.25) is 0 Å². The molecule has 0 fully saturated rings. The zero-order valence-electron chi connectivity index (χ0n) is 19.7. The Morgan fingerprint density at radius 2 is 1.81 bits per heavy atom. The van der Waals surface area contributed by atoms with E-state index in [0.717, 1.165) is 20.8 Å². The molecule has 12 nitrogen and oxygen atoms in total. The fraction of sp³-hybridized carbons (Fsp3) is 0.167. The normalized spacial score (nSPS) is 15.2. The maximum atomic E-state index is 12.6. The van der Waals surface area contributed by atoms with Crippen LogP contribution < -0.4 is 38.7 Å². The van der Waals surface area contributed by atoms with Crippen LogP contribution in [-0.4, -0.2) is 38.2 Å². The molecule has 0 bridgehead atoms. The molecule has 1 aliphatic heterocycles. The number of allylic oxidation sites excluding steroid dienone is 1. The lowest BCUT2D eigenvalue weighted by Gasteiger charge is -2.21. The van der Waals surface area contributed by atoms with E-state index in [1.54, 1.807) is 42.6 Å². The van der Waals surface area contributed by atoms with E-state index < -0.39 is 17.4 Å². The average Bonchev–Trinajstić information content (AvgIpc) is 2.86. The lowest BCUT2D eigenvalue weighted by atomic mass is 10.1. The van der Waals surface area contributed by atoms with Crippen molar-refractivity contribution in [3.05, 3.63) is 110 Å². The molecule has 1 atom stereocenters. The summed E-state index contributed by atoms with van der Waals surface area (Å²) in [7, 11) is 1.46. The number of nitrogens with two attached hydrogens (primary N) is 2. The van der Waals surface area contributed by atoms with Gasteiger partial charge in [-0.2, -0.15) is 4.68 Å². The number of hydrazine groups is 1. The fourth-order valence-corrected chi connectivity index (χ4v) is 3.44. The highest BCUT2D eigenvalue weighted by Crippen LogP contribution is 2.21. The van der Waals surface area contributed by atoms with E-state index in [0.29, 0.717) is 17.2 Å². The maximum absolute atomic E-state index is 12.6. The maximum Gasteiger partial charge on any atom is 0.351 e. The molecule has 0 saturated carbocycles. The summed E-state index contributed by atoms with van der Waals surface area (Å²) in [4.78, 5) is 43.4. The van der Waals surface area contributed by atoms with Crippen molar-refractivity contribution < 1.29 is 9.53 Å². The number of aromatic nitrogens is 3. The Kier molecular flexibility index (Phi) is 6.88. The molecular formula is C24H26N8O4. The van der Waals surface area contributed by atoms with Crippen molar-refractivity contribution >= 4 is 11.6 Å². The first-order valence-corrected chi connectivity index (χ1v) is 11.0. The predicted octanol–water partition coefficient (Wildman–Crippen LogP) is -0.279. The van der Waals surface area contributed by atoms with Gasteiger partial charge in [0.05, 0.1) is 12.2 Å². The van der Waals surface area contributed by atoms with Crippen molar-refractivity contribution in [1.29, 1.82) is 0 Å². The van der Waals surface area contributed by atoms with Crippen molar-refractivity contribution in [3.63, 3.8) is 0 Å². The lowest BCUT2D eigenvalue weighted by molar-refractivity contribution is -0.131. The number of nitrogens with zero attached hydrogens (tertiary/aromatic N) is 4. The Hall–Kier alpha value is -4.84. The molecule has 6 N–H and O–H groups in total. The number of amides is 1. The molecule has 0 spiro atoms. The number of hydrogen-bond acceptors (Lipinski definition) is 8. The number of likely N-dealkylation sites (N-methyl/N-ethyl adjacent to an activating group) is 1. The van der Waals surface area contributed by atoms with E-state index in [4.69, 9.17) is 16.4 Å². The molecule has 12 heteroatoms. The molecule has 4 rings (SSSR count). The van der Waals surface area contributed by atoms with E-state index in [2.05, 4.69) is 15.3 Å². The number of rotatable bonds is 6. The van der Waals surface area contributed by atoms with Gasteiger partial charge in [0.15, 0.2) is 0 Å². The van der Waals surface area contributed by atoms with Gasteiger partial charge in [-0.05, 0) is 48.9 Å². The molecule has 1 unspecified atom stereocenters. The third-order valence-corrected chi connectivity index (χ3v) is 5.37. The Labute approximate surface area is 205 Å². The molecule has 1 aromatic heterocycles. The number of aryl methyl sites for hydroxylation is 1. The summed E-state index contributed by atoms with van der Waals surface area (Å²) in [5.41, 5.74) is 0.939. The van der Waals surface area contributed by atoms with Crippen LogP contribution in [0.25, 0.3) is 0 Å². The minimum absolute atomic E-state index is 0.0192. The van der Waals surface area contributed by atoms with Crippen molar-refractivity contribution in [2.24, 2.45) is 10.8 Å². The quantitative estimate of drug-likeness (QED) is 0.210. The number of nitrogen functional groups attached to an aromatic ring is 1. The van der Waals surface area contributed by atoms with Crippen molar-refractivity contribution in [1.82, 2.24) is 24.6 Å². The largest absolute Gasteiger partial charge is 0.458 e. The van der Waals surface area contributed by atoms with E-state index in [-0.39, 0.29) is 18.1 Å². The minimum Gasteiger partial charge on any atom is -0.458 e. The van der Waals surface area contributed by atoms with Gasteiger partial charge in [0.2, 0.25) is 5.62 Å². The van der Waals surface area contributed by atoms with E-state index in [1.807, 2.05) is 31.2 Å². The first-order valence-electron chi connectivity index (χ1n) is 11.0. The number of carbonyl (C=O) groups excluding carboxylic acids is 1. The number of ether oxygens (including phenoxy) is 1. The zero-order chi connectivity index (χ0) is 25.8. The third-order valence-electron chi connectivity index (χ3n) is 5.37. The van der Waals surface area contributed by atoms with Crippen LogP contribution in [0.3, 0.4) is 0 Å². The van der Waals surface area contributed by atoms with Gasteiger partial charge in [-0.1, -0.05) is 29.8 Å². The summed E-state index contributed by atoms with van der Waals surface area (Å²) in [5, 5.41) is 3.90. The smallest absolute Gasteiger partial charge is 0.351 e. The summed E-state index contributed by atoms with van der Waals surface area (Å²) in [6.45, 7) is 2.13. The highest BCUT2D eigenvalue weighted by molar-refractivity contribution is 5.83. The van der Waals surface area contributed by atoms with Gasteiger partial charge in [-0.3, -0.25) is 19.4 Å². The van der Waals surface area contributed by atoms with Crippen LogP contribution in [0.5, 0.6) is 5.75 Å². The number of aromatic amines is 1. The molecule has 0 aliphatic carbocycles. The van der Waals surface area contributed by atoms with E-state index in [1.165, 1.54) is 11.6 Å². The van der Waals surface area contributed by atoms with Gasteiger partial charge in [0, 0.05) is 13.2 Å². The van der Waals surface area contributed by atoms with Crippen LogP contribution in [-0.2, 0) is 11.3 Å². The number of carbonyl (C=O) groups is 1. The van der Waals surface area contributed by atoms with Crippen molar-refractivity contribution in [2.75, 3.05) is 12.9 Å². The van der Waals surface area contributed by atoms with Gasteiger partial charge < -0.3 is 15.9 Å². The van der Waals surface area contributed by atoms with Crippen LogP contribution >= 0.6 is 0 Å². The van der Waals surface area contributed by atoms with Gasteiger partial charge in [0.25, 0.3) is 5.91 Å². The number of benzene rings is 2. The Morgan fingerprint density at radius 1 is 1.11 bits per heavy atom. The van der Waals surface area contributed by atoms with Crippen LogP contribution in [0, 0.1) is 6.92 Å². The summed E-state index contributed by atoms with van der Waals surface area (Å²) in [5.74, 6) is 12.1. The van der Waals surface area contributed by atoms with Gasteiger partial charge >= 0.3 is 11.4 Å². The molecule has 186 valence electrons. The van der Waals surface area contributed by atoms with E-state index in [9.17, 15) is 14.4 Å². The molecule has 36 heavy (non-hydrogen) atoms. The van der Waals surface area contributed by atoms with Gasteiger partial charge in [-0.15, -0.1) is 0 Å². The Balaban J connectivity index is 1.62. The molecule has 1 aliphatic rings. The standard InChI is InChI=1S/C24H26N8O4/c1-15-3-5-16(6-4-15)14-31-22(32(26)24(35)29-23(31)34)28-17-7-9-18(10-8-17)36-19-11-12-27-20(13-19)21(33)30(2)25/h3-13,20,27H,14,25-26H2,1-2H3,(H,29,34,35)/b28-22-. The SMILES string of the molecule is Cc1ccc(Cn2c(=O)[nH]c(=O)n(N)/c2=N\c2ccc(OC3=CC(C(=O)N(C)N)NC=C3)cc2)cc1. The highest BCUT2D eigenvalue weighted by atomic mass is 16.5. The van der Waals surface area contributed by atoms with Crippen molar-refractivity contribution in [3.8, 4) is 5.75 Å². The second-order valence-electron chi connectivity index (χ2n) is 8.18. The summed E-state index contributed by atoms with van der Waals surface area (Å²) in [6.07, 6.45) is 4.89. The molecular weight excluding hydrogens is 464 g/mol. The Bertz CT molecular complexity index is 1510. The average molecular weight is 491 g/mol. The van der Waals surface area contributed by atoms with E-state index >= 15 is 0 Å². The first kappa shape index (κ1) is 24.3. The highest BCUT2D eigenvalue weighted by Gasteiger charge is 2.20. The Morgan fingerprint density at radius 3 is 2.47 bits per heavy atom. The number of hydrogen-bond donors (Lipinski definition) is 4. The fourth-order valence-electron chi connectivity index (χ4n) is 3.44. The molecule has 0 radical (unpaired) electrons. The lowest BCUT2D eigenvalue weighted by Crippen LogP contribution is -2.53. The first-order chi connectivity index (χ1) is 17.2. The molecule has 2 aromatic carbocycles. The van der Waals surface area contributed by atoms with Crippen LogP contribution in [0.4, 0.5) is 5.69 Å². The number of dihydropyridines is 1. The summed E-state index contributed by atoms with van der Waals surface area (Å²) >= 11 is 0. The topological polar surface area (TPSA) is 166 Å². The molecule has 0 saturated heterocycles. The molecule has 3 aromatic rings. The molecule has 1 amide bonds. The predicted molar refractivity (Wildman–Crippen MR) is 133 cm³/mol. The number of H-pyrrole nitrogens is 1. The van der Waals surface area contributed by atoms with Crippen molar-refractivity contribution in [2.45, 2.75) is 19.5 Å². The monoisotopic (exact) mass is 490 g/mol. The zero-order valence-corrected chi connectivity index (χ0v) is 19.7.